The number of pyridine rings is 1. The van der Waals surface area contributed by atoms with Crippen molar-refractivity contribution in [3.8, 4) is 11.5 Å². The third kappa shape index (κ3) is 4.88. The number of hydrogen-bond donors (Lipinski definition) is 3. The lowest BCUT2D eigenvalue weighted by Crippen LogP contribution is -2.30. The minimum absolute atomic E-state index is 0.190. The molecule has 30 heavy (non-hydrogen) atoms. The van der Waals surface area contributed by atoms with E-state index >= 15 is 0 Å². The number of carbonyl (C=O) groups excluding carboxylic acids is 1. The number of nitrogens with one attached hydrogen (secondary N) is 2. The number of nitrogens with zero attached hydrogens (tertiary/aromatic N) is 2. The van der Waals surface area contributed by atoms with Crippen LogP contribution in [0, 0.1) is 5.92 Å². The van der Waals surface area contributed by atoms with Crippen molar-refractivity contribution in [3.63, 3.8) is 0 Å². The molecule has 1 aromatic carbocycles. The Bertz CT molecular complexity index is 1120. The third-order valence-electron chi connectivity index (χ3n) is 4.34. The Hall–Kier alpha value is -3.13. The lowest BCUT2D eigenvalue weighted by atomic mass is 10.0. The first-order valence-electron chi connectivity index (χ1n) is 9.16. The summed E-state index contributed by atoms with van der Waals surface area (Å²) in [5.74, 6) is -1.04. The Morgan fingerprint density at radius 1 is 1.13 bits per heavy atom. The van der Waals surface area contributed by atoms with E-state index in [0.29, 0.717) is 11.3 Å². The van der Waals surface area contributed by atoms with E-state index in [9.17, 15) is 19.0 Å². The number of hydroxylamine groups is 1. The summed E-state index contributed by atoms with van der Waals surface area (Å²) >= 11 is 0. The molecule has 0 aliphatic carbocycles. The second kappa shape index (κ2) is 9.13. The fourth-order valence-corrected chi connectivity index (χ4v) is 4.64. The highest BCUT2D eigenvalue weighted by Crippen LogP contribution is 2.59. The molecular formula is C20H21N4O5P. The Balaban J connectivity index is 1.76. The summed E-state index contributed by atoms with van der Waals surface area (Å²) < 4.78 is 17.7. The maximum Gasteiger partial charge on any atom is 0.356 e. The van der Waals surface area contributed by atoms with E-state index < -0.39 is 24.7 Å². The molecule has 0 radical (unpaired) electrons. The molecule has 3 rings (SSSR count). The summed E-state index contributed by atoms with van der Waals surface area (Å²) in [5.41, 5.74) is 0.993. The van der Waals surface area contributed by atoms with E-state index in [1.807, 2.05) is 5.48 Å². The van der Waals surface area contributed by atoms with Gasteiger partial charge in [0.05, 0.1) is 5.66 Å². The molecule has 0 saturated heterocycles. The standard InChI is InChI=1S/C20H21N4O5P/c1-13(2)17(14-8-4-3-5-9-14)30(27,28)29-24-20(26)15-12-22-18(23-19(15)25)16-10-6-7-11-21-16/h3-13,17H,1-2H3,(H,24,26)(H,27,28)(H,22,23,25). The minimum atomic E-state index is -4.30. The minimum Gasteiger partial charge on any atom is -0.323 e. The lowest BCUT2D eigenvalue weighted by molar-refractivity contribution is 0.0717. The molecule has 3 aromatic rings. The Morgan fingerprint density at radius 2 is 1.83 bits per heavy atom. The normalized spacial score (nSPS) is 14.1. The summed E-state index contributed by atoms with van der Waals surface area (Å²) in [6.07, 6.45) is 2.60. The molecule has 2 aromatic heterocycles. The van der Waals surface area contributed by atoms with Crippen molar-refractivity contribution in [1.29, 1.82) is 0 Å². The second-order valence-corrected chi connectivity index (χ2v) is 8.74. The molecular weight excluding hydrogens is 407 g/mol. The van der Waals surface area contributed by atoms with Gasteiger partial charge in [-0.05, 0) is 23.6 Å². The van der Waals surface area contributed by atoms with Gasteiger partial charge in [-0.25, -0.2) is 10.5 Å². The third-order valence-corrected chi connectivity index (χ3v) is 6.30. The zero-order valence-corrected chi connectivity index (χ0v) is 17.2. The van der Waals surface area contributed by atoms with Crippen LogP contribution in [0.3, 0.4) is 0 Å². The summed E-state index contributed by atoms with van der Waals surface area (Å²) in [7, 11) is -4.30. The number of aromatic amines is 1. The molecule has 2 heterocycles. The maximum absolute atomic E-state index is 12.8. The van der Waals surface area contributed by atoms with Crippen LogP contribution in [0.2, 0.25) is 0 Å². The highest BCUT2D eigenvalue weighted by molar-refractivity contribution is 7.53. The molecule has 156 valence electrons. The topological polar surface area (TPSA) is 134 Å². The number of aromatic nitrogens is 3. The van der Waals surface area contributed by atoms with Crippen molar-refractivity contribution in [2.75, 3.05) is 0 Å². The van der Waals surface area contributed by atoms with Crippen LogP contribution in [-0.2, 0) is 9.19 Å². The molecule has 9 nitrogen and oxygen atoms in total. The van der Waals surface area contributed by atoms with Crippen LogP contribution < -0.4 is 11.0 Å². The van der Waals surface area contributed by atoms with Crippen LogP contribution in [0.4, 0.5) is 0 Å². The molecule has 0 fully saturated rings. The predicted octanol–water partition coefficient (Wildman–Crippen LogP) is 3.08. The number of carbonyl (C=O) groups is 1. The predicted molar refractivity (Wildman–Crippen MR) is 110 cm³/mol. The fourth-order valence-electron chi connectivity index (χ4n) is 3.01. The van der Waals surface area contributed by atoms with Crippen molar-refractivity contribution < 1.29 is 18.9 Å². The largest absolute Gasteiger partial charge is 0.356 e. The monoisotopic (exact) mass is 428 g/mol. The van der Waals surface area contributed by atoms with E-state index in [2.05, 4.69) is 15.0 Å². The summed E-state index contributed by atoms with van der Waals surface area (Å²) in [6.45, 7) is 3.55. The van der Waals surface area contributed by atoms with Gasteiger partial charge in [0.2, 0.25) is 0 Å². The molecule has 1 amide bonds. The quantitative estimate of drug-likeness (QED) is 0.389. The number of amides is 1. The Morgan fingerprint density at radius 3 is 2.43 bits per heavy atom. The molecule has 0 saturated carbocycles. The summed E-state index contributed by atoms with van der Waals surface area (Å²) in [6, 6.07) is 13.8. The molecule has 3 N–H and O–H groups in total. The van der Waals surface area contributed by atoms with Gasteiger partial charge in [-0.3, -0.25) is 19.1 Å². The van der Waals surface area contributed by atoms with E-state index in [-0.39, 0.29) is 17.3 Å². The second-order valence-electron chi connectivity index (χ2n) is 6.88. The highest BCUT2D eigenvalue weighted by Gasteiger charge is 2.37. The molecule has 0 bridgehead atoms. The van der Waals surface area contributed by atoms with E-state index in [1.165, 1.54) is 0 Å². The van der Waals surface area contributed by atoms with Gasteiger partial charge in [0.25, 0.3) is 11.5 Å². The maximum atomic E-state index is 12.8. The lowest BCUT2D eigenvalue weighted by Gasteiger charge is -2.25. The average molecular weight is 428 g/mol. The molecule has 10 heteroatoms. The van der Waals surface area contributed by atoms with Crippen molar-refractivity contribution in [1.82, 2.24) is 20.4 Å². The van der Waals surface area contributed by atoms with E-state index in [0.717, 1.165) is 6.20 Å². The van der Waals surface area contributed by atoms with Gasteiger partial charge in [-0.1, -0.05) is 50.2 Å². The van der Waals surface area contributed by atoms with Crippen molar-refractivity contribution >= 4 is 13.5 Å². The van der Waals surface area contributed by atoms with Crippen LogP contribution in [-0.4, -0.2) is 25.8 Å². The smallest absolute Gasteiger partial charge is 0.323 e. The van der Waals surface area contributed by atoms with Crippen molar-refractivity contribution in [2.45, 2.75) is 19.5 Å². The van der Waals surface area contributed by atoms with Gasteiger partial charge in [-0.2, -0.15) is 4.62 Å². The van der Waals surface area contributed by atoms with Gasteiger partial charge in [0, 0.05) is 12.4 Å². The SMILES string of the molecule is CC(C)C(c1ccccc1)P(=O)(O)ONC(=O)c1cnc(-c2ccccn2)[nH]c1=O. The zero-order valence-electron chi connectivity index (χ0n) is 16.4. The first kappa shape index (κ1) is 21.6. The first-order valence-corrected chi connectivity index (χ1v) is 10.8. The van der Waals surface area contributed by atoms with Crippen LogP contribution in [0.1, 0.15) is 35.4 Å². The number of benzene rings is 1. The zero-order chi connectivity index (χ0) is 21.7. The molecule has 2 atom stereocenters. The van der Waals surface area contributed by atoms with Crippen LogP contribution in [0.15, 0.2) is 65.7 Å². The summed E-state index contributed by atoms with van der Waals surface area (Å²) in [5, 5.41) is 0. The van der Waals surface area contributed by atoms with Crippen molar-refractivity contribution in [3.05, 3.63) is 82.4 Å². The van der Waals surface area contributed by atoms with Crippen LogP contribution >= 0.6 is 7.60 Å². The van der Waals surface area contributed by atoms with Crippen LogP contribution in [0.5, 0.6) is 0 Å². The molecule has 2 unspecified atom stereocenters. The van der Waals surface area contributed by atoms with E-state index in [1.54, 1.807) is 68.6 Å². The van der Waals surface area contributed by atoms with Gasteiger partial charge < -0.3 is 9.88 Å². The van der Waals surface area contributed by atoms with E-state index in [4.69, 9.17) is 4.62 Å². The van der Waals surface area contributed by atoms with Gasteiger partial charge in [0.1, 0.15) is 11.3 Å². The van der Waals surface area contributed by atoms with Gasteiger partial charge >= 0.3 is 7.60 Å². The van der Waals surface area contributed by atoms with Gasteiger partial charge in [-0.15, -0.1) is 0 Å². The fraction of sp³-hybridized carbons (Fsp3) is 0.200. The first-order chi connectivity index (χ1) is 14.3. The highest BCUT2D eigenvalue weighted by atomic mass is 31.2. The summed E-state index contributed by atoms with van der Waals surface area (Å²) in [4.78, 5) is 45.6. The van der Waals surface area contributed by atoms with Crippen molar-refractivity contribution in [2.24, 2.45) is 5.92 Å². The van der Waals surface area contributed by atoms with Gasteiger partial charge in [0.15, 0.2) is 5.82 Å². The number of H-pyrrole nitrogens is 1. The molecule has 0 aliphatic rings. The molecule has 0 spiro atoms. The Labute approximate surface area is 172 Å². The number of rotatable bonds is 7. The average Bonchev–Trinajstić information content (AvgIpc) is 2.73. The van der Waals surface area contributed by atoms with Crippen LogP contribution in [0.25, 0.3) is 11.5 Å². The molecule has 0 aliphatic heterocycles. The Kier molecular flexibility index (Phi) is 6.56. The number of hydrogen-bond acceptors (Lipinski definition) is 6.